The number of aromatic hydroxyl groups is 1. The van der Waals surface area contributed by atoms with Crippen molar-refractivity contribution in [2.45, 2.75) is 53.0 Å². The van der Waals surface area contributed by atoms with E-state index in [1.807, 2.05) is 25.1 Å². The largest absolute Gasteiger partial charge is 0.508 e. The molecule has 0 spiro atoms. The highest BCUT2D eigenvalue weighted by Crippen LogP contribution is 2.24. The lowest BCUT2D eigenvalue weighted by Crippen LogP contribution is -2.20. The molecule has 0 saturated heterocycles. The zero-order chi connectivity index (χ0) is 13.5. The van der Waals surface area contributed by atoms with Gasteiger partial charge in [-0.1, -0.05) is 38.8 Å². The summed E-state index contributed by atoms with van der Waals surface area (Å²) in [4.78, 5) is 0. The van der Waals surface area contributed by atoms with E-state index in [1.54, 1.807) is 0 Å². The molecule has 1 atom stereocenters. The summed E-state index contributed by atoms with van der Waals surface area (Å²) in [6.45, 7) is 9.64. The van der Waals surface area contributed by atoms with E-state index in [4.69, 9.17) is 0 Å². The minimum absolute atomic E-state index is 0.213. The van der Waals surface area contributed by atoms with Crippen LogP contribution in [-0.2, 0) is 0 Å². The van der Waals surface area contributed by atoms with Gasteiger partial charge in [-0.3, -0.25) is 0 Å². The Morgan fingerprint density at radius 3 is 2.50 bits per heavy atom. The maximum absolute atomic E-state index is 9.90. The van der Waals surface area contributed by atoms with Crippen LogP contribution in [0.1, 0.15) is 57.2 Å². The zero-order valence-electron chi connectivity index (χ0n) is 12.2. The maximum atomic E-state index is 9.90. The summed E-state index contributed by atoms with van der Waals surface area (Å²) in [6, 6.07) is 6.10. The van der Waals surface area contributed by atoms with Gasteiger partial charge in [0.2, 0.25) is 0 Å². The van der Waals surface area contributed by atoms with Crippen LogP contribution in [0.25, 0.3) is 0 Å². The minimum atomic E-state index is 0.213. The number of phenols is 1. The van der Waals surface area contributed by atoms with Gasteiger partial charge in [-0.15, -0.1) is 0 Å². The molecule has 2 heteroatoms. The summed E-state index contributed by atoms with van der Waals surface area (Å²) >= 11 is 0. The molecule has 0 radical (unpaired) electrons. The van der Waals surface area contributed by atoms with E-state index >= 15 is 0 Å². The molecule has 0 amide bonds. The van der Waals surface area contributed by atoms with Gasteiger partial charge in [-0.25, -0.2) is 0 Å². The fraction of sp³-hybridized carbons (Fsp3) is 0.625. The Labute approximate surface area is 111 Å². The van der Waals surface area contributed by atoms with E-state index in [1.165, 1.54) is 19.3 Å². The summed E-state index contributed by atoms with van der Waals surface area (Å²) in [7, 11) is 0. The number of phenolic OH excluding ortho intramolecular Hbond substituents is 1. The topological polar surface area (TPSA) is 32.3 Å². The summed E-state index contributed by atoms with van der Waals surface area (Å²) in [5, 5.41) is 13.4. The first kappa shape index (κ1) is 15.0. The molecule has 0 heterocycles. The molecular formula is C16H27NO. The molecule has 0 aliphatic heterocycles. The van der Waals surface area contributed by atoms with Crippen molar-refractivity contribution in [1.82, 2.24) is 5.32 Å². The molecule has 0 aromatic heterocycles. The zero-order valence-corrected chi connectivity index (χ0v) is 12.2. The smallest absolute Gasteiger partial charge is 0.120 e. The Bertz CT molecular complexity index is 360. The van der Waals surface area contributed by atoms with Crippen LogP contribution in [0, 0.1) is 12.8 Å². The molecular weight excluding hydrogens is 222 g/mol. The van der Waals surface area contributed by atoms with Gasteiger partial charge in [0.25, 0.3) is 0 Å². The molecule has 1 aromatic rings. The van der Waals surface area contributed by atoms with E-state index in [-0.39, 0.29) is 6.04 Å². The molecule has 102 valence electrons. The van der Waals surface area contributed by atoms with E-state index in [0.29, 0.717) is 5.75 Å². The van der Waals surface area contributed by atoms with Crippen molar-refractivity contribution in [3.63, 3.8) is 0 Å². The third kappa shape index (κ3) is 5.09. The van der Waals surface area contributed by atoms with Gasteiger partial charge >= 0.3 is 0 Å². The highest BCUT2D eigenvalue weighted by Gasteiger charge is 2.09. The lowest BCUT2D eigenvalue weighted by Gasteiger charge is -2.16. The number of hydrogen-bond acceptors (Lipinski definition) is 2. The first-order valence-corrected chi connectivity index (χ1v) is 7.03. The molecule has 1 aromatic carbocycles. The van der Waals surface area contributed by atoms with Crippen LogP contribution in [0.4, 0.5) is 0 Å². The van der Waals surface area contributed by atoms with Crippen molar-refractivity contribution >= 4 is 0 Å². The Hall–Kier alpha value is -1.02. The van der Waals surface area contributed by atoms with Gasteiger partial charge in [0.1, 0.15) is 5.75 Å². The van der Waals surface area contributed by atoms with Gasteiger partial charge in [0.05, 0.1) is 0 Å². The molecule has 18 heavy (non-hydrogen) atoms. The number of unbranched alkanes of at least 4 members (excludes halogenated alkanes) is 1. The van der Waals surface area contributed by atoms with Crippen molar-refractivity contribution in [3.05, 3.63) is 29.3 Å². The second-order valence-electron chi connectivity index (χ2n) is 5.63. The van der Waals surface area contributed by atoms with E-state index in [9.17, 15) is 5.11 Å². The average molecular weight is 249 g/mol. The maximum Gasteiger partial charge on any atom is 0.120 e. The van der Waals surface area contributed by atoms with Crippen molar-refractivity contribution in [2.24, 2.45) is 5.92 Å². The second kappa shape index (κ2) is 7.42. The number of nitrogens with one attached hydrogen (secondary N) is 1. The van der Waals surface area contributed by atoms with Crippen LogP contribution in [-0.4, -0.2) is 11.7 Å². The molecule has 1 unspecified atom stereocenters. The summed E-state index contributed by atoms with van der Waals surface area (Å²) in [5.74, 6) is 1.20. The molecule has 0 fully saturated rings. The van der Waals surface area contributed by atoms with Crippen LogP contribution in [0.5, 0.6) is 5.75 Å². The van der Waals surface area contributed by atoms with E-state index in [0.717, 1.165) is 23.6 Å². The first-order valence-electron chi connectivity index (χ1n) is 7.03. The van der Waals surface area contributed by atoms with Crippen molar-refractivity contribution < 1.29 is 5.11 Å². The molecule has 2 nitrogen and oxygen atoms in total. The van der Waals surface area contributed by atoms with Crippen LogP contribution in [0.2, 0.25) is 0 Å². The Morgan fingerprint density at radius 2 is 1.89 bits per heavy atom. The van der Waals surface area contributed by atoms with Crippen molar-refractivity contribution in [1.29, 1.82) is 0 Å². The lowest BCUT2D eigenvalue weighted by atomic mass is 10.0. The highest BCUT2D eigenvalue weighted by atomic mass is 16.3. The third-order valence-corrected chi connectivity index (χ3v) is 3.31. The minimum Gasteiger partial charge on any atom is -0.508 e. The summed E-state index contributed by atoms with van der Waals surface area (Å²) < 4.78 is 0. The summed E-state index contributed by atoms with van der Waals surface area (Å²) in [6.07, 6.45) is 3.78. The van der Waals surface area contributed by atoms with Crippen LogP contribution in [0.3, 0.4) is 0 Å². The monoisotopic (exact) mass is 249 g/mol. The van der Waals surface area contributed by atoms with E-state index in [2.05, 4.69) is 26.1 Å². The second-order valence-corrected chi connectivity index (χ2v) is 5.63. The number of rotatable bonds is 7. The molecule has 1 rings (SSSR count). The van der Waals surface area contributed by atoms with E-state index < -0.39 is 0 Å². The lowest BCUT2D eigenvalue weighted by molar-refractivity contribution is 0.447. The van der Waals surface area contributed by atoms with Gasteiger partial charge in [0, 0.05) is 11.6 Å². The normalized spacial score (nSPS) is 12.9. The number of benzene rings is 1. The Morgan fingerprint density at radius 1 is 1.17 bits per heavy atom. The van der Waals surface area contributed by atoms with Crippen LogP contribution < -0.4 is 5.32 Å². The van der Waals surface area contributed by atoms with Crippen molar-refractivity contribution in [2.75, 3.05) is 6.54 Å². The van der Waals surface area contributed by atoms with Crippen molar-refractivity contribution in [3.8, 4) is 5.75 Å². The molecule has 0 saturated carbocycles. The van der Waals surface area contributed by atoms with Gasteiger partial charge in [-0.05, 0) is 44.4 Å². The van der Waals surface area contributed by atoms with Crippen LogP contribution in [0.15, 0.2) is 18.2 Å². The fourth-order valence-electron chi connectivity index (χ4n) is 2.13. The fourth-order valence-corrected chi connectivity index (χ4v) is 2.13. The number of hydrogen-bond donors (Lipinski definition) is 2. The standard InChI is InChI=1S/C16H27NO/c1-12(2)7-5-6-10-17-14(4)15-9-8-13(3)11-16(15)18/h8-9,11-12,14,17-18H,5-7,10H2,1-4H3. The van der Waals surface area contributed by atoms with Gasteiger partial charge in [0.15, 0.2) is 0 Å². The highest BCUT2D eigenvalue weighted by molar-refractivity contribution is 5.37. The quantitative estimate of drug-likeness (QED) is 0.711. The van der Waals surface area contributed by atoms with Gasteiger partial charge in [-0.2, -0.15) is 0 Å². The SMILES string of the molecule is Cc1ccc(C(C)NCCCCC(C)C)c(O)c1. The Kier molecular flexibility index (Phi) is 6.20. The van der Waals surface area contributed by atoms with Gasteiger partial charge < -0.3 is 10.4 Å². The number of aryl methyl sites for hydroxylation is 1. The molecule has 0 aliphatic rings. The predicted molar refractivity (Wildman–Crippen MR) is 78.0 cm³/mol. The Balaban J connectivity index is 2.34. The van der Waals surface area contributed by atoms with Crippen LogP contribution >= 0.6 is 0 Å². The molecule has 2 N–H and O–H groups in total. The first-order chi connectivity index (χ1) is 8.50. The average Bonchev–Trinajstić information content (AvgIpc) is 2.27. The predicted octanol–water partition coefficient (Wildman–Crippen LogP) is 4.18. The molecule has 0 aliphatic carbocycles. The third-order valence-electron chi connectivity index (χ3n) is 3.31. The summed E-state index contributed by atoms with van der Waals surface area (Å²) in [5.41, 5.74) is 2.09. The molecule has 0 bridgehead atoms.